The molecule has 3 heterocycles. The van der Waals surface area contributed by atoms with Crippen LogP contribution >= 0.6 is 0 Å². The summed E-state index contributed by atoms with van der Waals surface area (Å²) < 4.78 is 0. The molecule has 1 aromatic carbocycles. The second-order valence-electron chi connectivity index (χ2n) is 7.62. The molecule has 6 amide bonds. The SMILES string of the molecule is CC.CN1C(=O)C2=C(CCCC2)C1=O.CN1C(=O)C=CC1=O.CN1C(=O)c2ccccc2C1=O. The highest BCUT2D eigenvalue weighted by Gasteiger charge is 2.36. The van der Waals surface area contributed by atoms with Crippen molar-refractivity contribution in [2.45, 2.75) is 39.5 Å². The lowest BCUT2D eigenvalue weighted by molar-refractivity contribution is -0.137. The molecule has 0 spiro atoms. The minimum Gasteiger partial charge on any atom is -0.279 e. The Balaban J connectivity index is 0.000000177. The smallest absolute Gasteiger partial charge is 0.261 e. The molecule has 0 bridgehead atoms. The van der Waals surface area contributed by atoms with Crippen molar-refractivity contribution >= 4 is 35.4 Å². The Bertz CT molecular complexity index is 1020. The van der Waals surface area contributed by atoms with Gasteiger partial charge in [-0.1, -0.05) is 26.0 Å². The van der Waals surface area contributed by atoms with E-state index < -0.39 is 0 Å². The zero-order chi connectivity index (χ0) is 25.6. The Morgan fingerprint density at radius 2 is 0.912 bits per heavy atom. The van der Waals surface area contributed by atoms with Crippen molar-refractivity contribution in [3.8, 4) is 0 Å². The van der Waals surface area contributed by atoms with Crippen molar-refractivity contribution in [2.24, 2.45) is 0 Å². The molecule has 0 unspecified atom stereocenters. The largest absolute Gasteiger partial charge is 0.279 e. The van der Waals surface area contributed by atoms with Crippen LogP contribution in [0.1, 0.15) is 60.2 Å². The summed E-state index contributed by atoms with van der Waals surface area (Å²) in [6.45, 7) is 4.00. The van der Waals surface area contributed by atoms with Crippen molar-refractivity contribution in [1.82, 2.24) is 14.7 Å². The monoisotopic (exact) mass is 467 g/mol. The highest BCUT2D eigenvalue weighted by molar-refractivity contribution is 6.21. The number of hydrogen-bond acceptors (Lipinski definition) is 6. The standard InChI is InChI=1S/C9H11NO2.C9H7NO2.C5H5NO2.C2H6/c2*1-10-8(11)6-4-2-3-5-7(6)9(10)12;1-6-4(7)2-3-5(6)8;1-2/h2-5H2,1H3;2-5H,1H3;2-3H,1H3;1-2H3. The molecule has 0 N–H and O–H groups in total. The number of rotatable bonds is 0. The van der Waals surface area contributed by atoms with Gasteiger partial charge in [0.15, 0.2) is 0 Å². The minimum absolute atomic E-state index is 0.0744. The van der Waals surface area contributed by atoms with Gasteiger partial charge < -0.3 is 0 Å². The summed E-state index contributed by atoms with van der Waals surface area (Å²) >= 11 is 0. The van der Waals surface area contributed by atoms with Crippen molar-refractivity contribution in [3.05, 3.63) is 58.7 Å². The Kier molecular flexibility index (Phi) is 8.77. The predicted molar refractivity (Wildman–Crippen MR) is 124 cm³/mol. The molecular formula is C25H29N3O6. The summed E-state index contributed by atoms with van der Waals surface area (Å²) in [7, 11) is 4.50. The van der Waals surface area contributed by atoms with Crippen LogP contribution in [0.15, 0.2) is 47.6 Å². The number of fused-ring (bicyclic) bond motifs is 1. The summed E-state index contributed by atoms with van der Waals surface area (Å²) in [4.78, 5) is 69.6. The molecule has 9 nitrogen and oxygen atoms in total. The van der Waals surface area contributed by atoms with E-state index >= 15 is 0 Å². The summed E-state index contributed by atoms with van der Waals surface area (Å²) in [5, 5.41) is 0. The van der Waals surface area contributed by atoms with Gasteiger partial charge in [-0.3, -0.25) is 43.5 Å². The molecule has 0 atom stereocenters. The second-order valence-corrected chi connectivity index (χ2v) is 7.62. The third-order valence-electron chi connectivity index (χ3n) is 5.62. The first-order valence-corrected chi connectivity index (χ1v) is 11.1. The molecular weight excluding hydrogens is 438 g/mol. The van der Waals surface area contributed by atoms with Gasteiger partial charge in [-0.05, 0) is 37.8 Å². The molecule has 0 fully saturated rings. The molecule has 0 radical (unpaired) electrons. The minimum atomic E-state index is -0.241. The summed E-state index contributed by atoms with van der Waals surface area (Å²) in [6.07, 6.45) is 6.19. The summed E-state index contributed by atoms with van der Waals surface area (Å²) in [5.41, 5.74) is 2.55. The number of amides is 6. The van der Waals surface area contributed by atoms with Crippen LogP contribution in [0.25, 0.3) is 0 Å². The maximum absolute atomic E-state index is 11.4. The number of carbonyl (C=O) groups is 6. The highest BCUT2D eigenvalue weighted by Crippen LogP contribution is 2.31. The van der Waals surface area contributed by atoms with E-state index in [-0.39, 0.29) is 35.4 Å². The first kappa shape index (κ1) is 26.4. The Morgan fingerprint density at radius 1 is 0.559 bits per heavy atom. The van der Waals surface area contributed by atoms with E-state index in [4.69, 9.17) is 0 Å². The fourth-order valence-electron chi connectivity index (χ4n) is 3.66. The summed E-state index contributed by atoms with van der Waals surface area (Å²) in [5.74, 6) is -1.05. The molecule has 180 valence electrons. The van der Waals surface area contributed by atoms with E-state index in [0.29, 0.717) is 11.1 Å². The average molecular weight is 468 g/mol. The van der Waals surface area contributed by atoms with Crippen molar-refractivity contribution in [2.75, 3.05) is 21.1 Å². The molecule has 5 rings (SSSR count). The molecule has 1 aliphatic carbocycles. The van der Waals surface area contributed by atoms with Gasteiger partial charge in [0, 0.05) is 44.4 Å². The summed E-state index contributed by atoms with van der Waals surface area (Å²) in [6, 6.07) is 6.84. The Morgan fingerprint density at radius 3 is 1.24 bits per heavy atom. The van der Waals surface area contributed by atoms with E-state index in [1.54, 1.807) is 31.3 Å². The zero-order valence-corrected chi connectivity index (χ0v) is 20.1. The zero-order valence-electron chi connectivity index (χ0n) is 20.1. The molecule has 0 saturated carbocycles. The van der Waals surface area contributed by atoms with Gasteiger partial charge in [0.25, 0.3) is 35.4 Å². The number of benzene rings is 1. The van der Waals surface area contributed by atoms with Gasteiger partial charge in [-0.2, -0.15) is 0 Å². The quantitative estimate of drug-likeness (QED) is 0.542. The normalized spacial score (nSPS) is 18.2. The second kappa shape index (κ2) is 11.3. The third kappa shape index (κ3) is 5.19. The molecule has 0 saturated heterocycles. The van der Waals surface area contributed by atoms with E-state index in [0.717, 1.165) is 46.6 Å². The van der Waals surface area contributed by atoms with E-state index in [1.165, 1.54) is 31.1 Å². The van der Waals surface area contributed by atoms with Crippen LogP contribution in [0, 0.1) is 0 Å². The first-order valence-electron chi connectivity index (χ1n) is 11.1. The fraction of sp³-hybridized carbons (Fsp3) is 0.360. The van der Waals surface area contributed by atoms with Gasteiger partial charge in [-0.15, -0.1) is 0 Å². The lowest BCUT2D eigenvalue weighted by Gasteiger charge is -2.08. The maximum Gasteiger partial charge on any atom is 0.261 e. The van der Waals surface area contributed by atoms with Gasteiger partial charge in [0.2, 0.25) is 0 Å². The molecule has 9 heteroatoms. The third-order valence-corrected chi connectivity index (χ3v) is 5.62. The van der Waals surface area contributed by atoms with Crippen LogP contribution < -0.4 is 0 Å². The van der Waals surface area contributed by atoms with Crippen LogP contribution in [-0.4, -0.2) is 71.3 Å². The first-order chi connectivity index (χ1) is 16.1. The van der Waals surface area contributed by atoms with E-state index in [2.05, 4.69) is 0 Å². The van der Waals surface area contributed by atoms with Crippen molar-refractivity contribution < 1.29 is 28.8 Å². The molecule has 0 aromatic heterocycles. The molecule has 3 aliphatic heterocycles. The van der Waals surface area contributed by atoms with Crippen LogP contribution in [0.4, 0.5) is 0 Å². The number of likely N-dealkylation sites (N-methyl/N-ethyl adjacent to an activating group) is 2. The number of hydrogen-bond donors (Lipinski definition) is 0. The molecule has 34 heavy (non-hydrogen) atoms. The van der Waals surface area contributed by atoms with Gasteiger partial charge in [0.05, 0.1) is 11.1 Å². The lowest BCUT2D eigenvalue weighted by Crippen LogP contribution is -2.26. The van der Waals surface area contributed by atoms with Crippen molar-refractivity contribution in [3.63, 3.8) is 0 Å². The predicted octanol–water partition coefficient (Wildman–Crippen LogP) is 2.34. The number of nitrogens with zero attached hydrogens (tertiary/aromatic N) is 3. The molecule has 4 aliphatic rings. The van der Waals surface area contributed by atoms with Crippen LogP contribution in [-0.2, 0) is 19.2 Å². The van der Waals surface area contributed by atoms with Crippen LogP contribution in [0.5, 0.6) is 0 Å². The molecule has 1 aromatic rings. The Labute approximate surface area is 198 Å². The van der Waals surface area contributed by atoms with Crippen LogP contribution in [0.2, 0.25) is 0 Å². The maximum atomic E-state index is 11.4. The number of imide groups is 3. The van der Waals surface area contributed by atoms with E-state index in [9.17, 15) is 28.8 Å². The van der Waals surface area contributed by atoms with Gasteiger partial charge in [0.1, 0.15) is 0 Å². The van der Waals surface area contributed by atoms with Crippen molar-refractivity contribution in [1.29, 1.82) is 0 Å². The number of carbonyl (C=O) groups excluding carboxylic acids is 6. The topological polar surface area (TPSA) is 112 Å². The van der Waals surface area contributed by atoms with Gasteiger partial charge in [-0.25, -0.2) is 0 Å². The average Bonchev–Trinajstić information content (AvgIpc) is 3.38. The van der Waals surface area contributed by atoms with Gasteiger partial charge >= 0.3 is 0 Å². The van der Waals surface area contributed by atoms with Crippen LogP contribution in [0.3, 0.4) is 0 Å². The fourth-order valence-corrected chi connectivity index (χ4v) is 3.66. The van der Waals surface area contributed by atoms with E-state index in [1.807, 2.05) is 13.8 Å². The highest BCUT2D eigenvalue weighted by atomic mass is 16.2. The Hall–Kier alpha value is -3.88. The lowest BCUT2D eigenvalue weighted by atomic mass is 9.93.